The number of nitrogens with zero attached hydrogens (tertiary/aromatic N) is 2. The van der Waals surface area contributed by atoms with Crippen LogP contribution in [0.5, 0.6) is 0 Å². The van der Waals surface area contributed by atoms with Crippen molar-refractivity contribution < 1.29 is 9.53 Å². The predicted molar refractivity (Wildman–Crippen MR) is 81.6 cm³/mol. The van der Waals surface area contributed by atoms with Crippen LogP contribution in [0.25, 0.3) is 0 Å². The van der Waals surface area contributed by atoms with E-state index in [2.05, 4.69) is 38.0 Å². The third kappa shape index (κ3) is 4.34. The average Bonchev–Trinajstić information content (AvgIpc) is 2.81. The molecule has 0 aliphatic rings. The quantitative estimate of drug-likeness (QED) is 0.877. The van der Waals surface area contributed by atoms with Gasteiger partial charge in [-0.05, 0) is 16.5 Å². The number of nitrogen functional groups attached to an aromatic ring is 1. The number of ether oxygens (including phenoxy) is 1. The fourth-order valence-electron chi connectivity index (χ4n) is 1.91. The molecule has 5 heteroatoms. The van der Waals surface area contributed by atoms with Crippen LogP contribution < -0.4 is 5.73 Å². The average molecular weight is 287 g/mol. The first-order valence-corrected chi connectivity index (χ1v) is 6.87. The second-order valence-electron chi connectivity index (χ2n) is 6.08. The Kier molecular flexibility index (Phi) is 4.31. The molecule has 1 heterocycles. The lowest BCUT2D eigenvalue weighted by atomic mass is 9.87. The van der Waals surface area contributed by atoms with Crippen LogP contribution in [0.15, 0.2) is 36.7 Å². The summed E-state index contributed by atoms with van der Waals surface area (Å²) in [5.74, 6) is -0.335. The fraction of sp³-hybridized carbons (Fsp3) is 0.375. The van der Waals surface area contributed by atoms with E-state index in [-0.39, 0.29) is 24.5 Å². The molecule has 2 N–H and O–H groups in total. The molecular formula is C16H21N3O2. The molecule has 0 aliphatic carbocycles. The monoisotopic (exact) mass is 287 g/mol. The highest BCUT2D eigenvalue weighted by molar-refractivity contribution is 5.69. The number of aromatic nitrogens is 2. The second kappa shape index (κ2) is 5.99. The van der Waals surface area contributed by atoms with Crippen molar-refractivity contribution in [2.75, 3.05) is 5.73 Å². The summed E-state index contributed by atoms with van der Waals surface area (Å²) in [5.41, 5.74) is 8.40. The maximum Gasteiger partial charge on any atom is 0.328 e. The number of benzene rings is 1. The molecule has 112 valence electrons. The van der Waals surface area contributed by atoms with Crippen LogP contribution in [0.1, 0.15) is 31.9 Å². The number of carbonyl (C=O) groups excluding carboxylic acids is 1. The van der Waals surface area contributed by atoms with Crippen molar-refractivity contribution in [2.45, 2.75) is 39.3 Å². The molecule has 2 rings (SSSR count). The van der Waals surface area contributed by atoms with Gasteiger partial charge in [0.2, 0.25) is 0 Å². The van der Waals surface area contributed by atoms with Gasteiger partial charge in [0.05, 0.1) is 11.9 Å². The van der Waals surface area contributed by atoms with E-state index in [4.69, 9.17) is 10.5 Å². The molecule has 5 nitrogen and oxygen atoms in total. The largest absolute Gasteiger partial charge is 0.459 e. The maximum atomic E-state index is 11.7. The zero-order valence-corrected chi connectivity index (χ0v) is 12.7. The van der Waals surface area contributed by atoms with Gasteiger partial charge in [0.25, 0.3) is 0 Å². The topological polar surface area (TPSA) is 70.1 Å². The second-order valence-corrected chi connectivity index (χ2v) is 6.08. The van der Waals surface area contributed by atoms with Crippen LogP contribution in [0.4, 0.5) is 5.69 Å². The molecule has 2 aromatic rings. The third-order valence-electron chi connectivity index (χ3n) is 3.16. The summed E-state index contributed by atoms with van der Waals surface area (Å²) in [6, 6.07) is 8.11. The SMILES string of the molecule is CC(C)(C)c1ccc(COC(=O)Cn2cc(N)cn2)cc1. The van der Waals surface area contributed by atoms with Gasteiger partial charge in [-0.25, -0.2) is 0 Å². The van der Waals surface area contributed by atoms with Crippen LogP contribution in [-0.2, 0) is 28.1 Å². The van der Waals surface area contributed by atoms with Gasteiger partial charge in [0.1, 0.15) is 13.2 Å². The zero-order valence-electron chi connectivity index (χ0n) is 12.7. The summed E-state index contributed by atoms with van der Waals surface area (Å²) < 4.78 is 6.68. The summed E-state index contributed by atoms with van der Waals surface area (Å²) in [6.45, 7) is 6.82. The number of hydrogen-bond acceptors (Lipinski definition) is 4. The van der Waals surface area contributed by atoms with Crippen LogP contribution in [0.2, 0.25) is 0 Å². The van der Waals surface area contributed by atoms with E-state index in [1.807, 2.05) is 12.1 Å². The molecule has 0 saturated heterocycles. The first-order valence-electron chi connectivity index (χ1n) is 6.87. The maximum absolute atomic E-state index is 11.7. The summed E-state index contributed by atoms with van der Waals surface area (Å²) in [7, 11) is 0. The normalized spacial score (nSPS) is 11.4. The van der Waals surface area contributed by atoms with Crippen LogP contribution in [-0.4, -0.2) is 15.7 Å². The summed E-state index contributed by atoms with van der Waals surface area (Å²) >= 11 is 0. The highest BCUT2D eigenvalue weighted by Crippen LogP contribution is 2.22. The van der Waals surface area contributed by atoms with Crippen molar-refractivity contribution in [1.82, 2.24) is 9.78 Å². The lowest BCUT2D eigenvalue weighted by molar-refractivity contribution is -0.145. The highest BCUT2D eigenvalue weighted by atomic mass is 16.5. The van der Waals surface area contributed by atoms with Gasteiger partial charge in [-0.15, -0.1) is 0 Å². The van der Waals surface area contributed by atoms with Gasteiger partial charge in [0, 0.05) is 6.20 Å². The van der Waals surface area contributed by atoms with E-state index >= 15 is 0 Å². The van der Waals surface area contributed by atoms with Crippen molar-refractivity contribution in [3.63, 3.8) is 0 Å². The number of rotatable bonds is 4. The Morgan fingerprint density at radius 1 is 1.29 bits per heavy atom. The molecule has 0 spiro atoms. The Bertz CT molecular complexity index is 609. The Morgan fingerprint density at radius 3 is 2.48 bits per heavy atom. The van der Waals surface area contributed by atoms with Crippen LogP contribution in [0.3, 0.4) is 0 Å². The van der Waals surface area contributed by atoms with Gasteiger partial charge >= 0.3 is 5.97 Å². The van der Waals surface area contributed by atoms with E-state index in [0.29, 0.717) is 5.69 Å². The molecule has 0 atom stereocenters. The lowest BCUT2D eigenvalue weighted by Gasteiger charge is -2.19. The molecule has 0 amide bonds. The minimum absolute atomic E-state index is 0.0667. The summed E-state index contributed by atoms with van der Waals surface area (Å²) in [5, 5.41) is 3.94. The minimum Gasteiger partial charge on any atom is -0.459 e. The molecule has 0 fully saturated rings. The first-order chi connectivity index (χ1) is 9.84. The molecule has 0 radical (unpaired) electrons. The number of hydrogen-bond donors (Lipinski definition) is 1. The molecule has 0 aliphatic heterocycles. The highest BCUT2D eigenvalue weighted by Gasteiger charge is 2.13. The first kappa shape index (κ1) is 15.1. The summed E-state index contributed by atoms with van der Waals surface area (Å²) in [4.78, 5) is 11.7. The van der Waals surface area contributed by atoms with Gasteiger partial charge < -0.3 is 10.5 Å². The van der Waals surface area contributed by atoms with Crippen molar-refractivity contribution in [1.29, 1.82) is 0 Å². The van der Waals surface area contributed by atoms with Crippen LogP contribution >= 0.6 is 0 Å². The fourth-order valence-corrected chi connectivity index (χ4v) is 1.91. The van der Waals surface area contributed by atoms with Crippen molar-refractivity contribution in [3.8, 4) is 0 Å². The van der Waals surface area contributed by atoms with E-state index in [1.165, 1.54) is 16.4 Å². The molecule has 0 saturated carbocycles. The van der Waals surface area contributed by atoms with E-state index in [9.17, 15) is 4.79 Å². The molecule has 21 heavy (non-hydrogen) atoms. The van der Waals surface area contributed by atoms with Gasteiger partial charge in [-0.2, -0.15) is 5.10 Å². The van der Waals surface area contributed by atoms with Crippen molar-refractivity contribution >= 4 is 11.7 Å². The Labute approximate surface area is 124 Å². The van der Waals surface area contributed by atoms with Crippen molar-refractivity contribution in [3.05, 3.63) is 47.8 Å². The lowest BCUT2D eigenvalue weighted by Crippen LogP contribution is -2.14. The van der Waals surface area contributed by atoms with Crippen LogP contribution in [0, 0.1) is 0 Å². The molecule has 1 aromatic carbocycles. The number of nitrogens with two attached hydrogens (primary N) is 1. The zero-order chi connectivity index (χ0) is 15.5. The molecule has 1 aromatic heterocycles. The van der Waals surface area contributed by atoms with E-state index in [1.54, 1.807) is 6.20 Å². The Morgan fingerprint density at radius 2 is 1.95 bits per heavy atom. The van der Waals surface area contributed by atoms with E-state index in [0.717, 1.165) is 5.56 Å². The standard InChI is InChI=1S/C16H21N3O2/c1-16(2,3)13-6-4-12(5-7-13)11-21-15(20)10-19-9-14(17)8-18-19/h4-9H,10-11,17H2,1-3H3. The summed E-state index contributed by atoms with van der Waals surface area (Å²) in [6.07, 6.45) is 3.10. The van der Waals surface area contributed by atoms with Gasteiger partial charge in [0.15, 0.2) is 0 Å². The Balaban J connectivity index is 1.86. The minimum atomic E-state index is -0.335. The third-order valence-corrected chi connectivity index (χ3v) is 3.16. The number of esters is 1. The Hall–Kier alpha value is -2.30. The van der Waals surface area contributed by atoms with Crippen molar-refractivity contribution in [2.24, 2.45) is 0 Å². The van der Waals surface area contributed by atoms with Gasteiger partial charge in [-0.1, -0.05) is 45.0 Å². The van der Waals surface area contributed by atoms with E-state index < -0.39 is 0 Å². The van der Waals surface area contributed by atoms with Gasteiger partial charge in [-0.3, -0.25) is 9.48 Å². The predicted octanol–water partition coefficient (Wildman–Crippen LogP) is 2.51. The molecule has 0 bridgehead atoms. The smallest absolute Gasteiger partial charge is 0.328 e. The molecule has 0 unspecified atom stereocenters. The number of anilines is 1. The number of carbonyl (C=O) groups is 1. The molecular weight excluding hydrogens is 266 g/mol.